The van der Waals surface area contributed by atoms with Crippen LogP contribution in [0.15, 0.2) is 42.6 Å². The molecule has 21 heavy (non-hydrogen) atoms. The molecular weight excluding hydrogens is 278 g/mol. The topological polar surface area (TPSA) is 43.6 Å². The second kappa shape index (κ2) is 4.97. The molecule has 4 nitrogen and oxygen atoms in total. The summed E-state index contributed by atoms with van der Waals surface area (Å²) in [5.74, 6) is -2.11. The number of methoxy groups -OCH3 is 1. The van der Waals surface area contributed by atoms with Crippen LogP contribution >= 0.6 is 0 Å². The molecule has 0 aliphatic rings. The molecule has 0 unspecified atom stereocenters. The van der Waals surface area contributed by atoms with Crippen molar-refractivity contribution < 1.29 is 18.3 Å². The number of nitrogens with zero attached hydrogens (tertiary/aromatic N) is 2. The van der Waals surface area contributed by atoms with Gasteiger partial charge in [-0.1, -0.05) is 6.07 Å². The molecule has 0 saturated carbocycles. The van der Waals surface area contributed by atoms with Crippen molar-refractivity contribution in [1.82, 2.24) is 9.61 Å². The summed E-state index contributed by atoms with van der Waals surface area (Å²) in [6.45, 7) is 0. The Hall–Kier alpha value is -2.76. The van der Waals surface area contributed by atoms with Gasteiger partial charge in [0.1, 0.15) is 22.9 Å². The molecule has 0 atom stereocenters. The van der Waals surface area contributed by atoms with Gasteiger partial charge in [-0.15, -0.1) is 0 Å². The van der Waals surface area contributed by atoms with Crippen LogP contribution in [0.1, 0.15) is 10.4 Å². The van der Waals surface area contributed by atoms with Crippen molar-refractivity contribution in [3.8, 4) is 11.3 Å². The van der Waals surface area contributed by atoms with Gasteiger partial charge in [0, 0.05) is 17.8 Å². The van der Waals surface area contributed by atoms with Crippen LogP contribution in [0.2, 0.25) is 0 Å². The molecule has 6 heteroatoms. The maximum absolute atomic E-state index is 14.0. The number of benzene rings is 1. The third kappa shape index (κ3) is 2.14. The molecular formula is C15H10F2N2O2. The first-order valence-corrected chi connectivity index (χ1v) is 6.13. The zero-order valence-electron chi connectivity index (χ0n) is 11.0. The SMILES string of the molecule is COC(=O)c1c(-c2ccc(F)cc2F)nn2ccccc12. The van der Waals surface area contributed by atoms with E-state index in [0.717, 1.165) is 12.1 Å². The number of carbonyl (C=O) groups is 1. The molecule has 2 aromatic heterocycles. The number of hydrogen-bond acceptors (Lipinski definition) is 3. The average Bonchev–Trinajstić information content (AvgIpc) is 2.85. The second-order valence-corrected chi connectivity index (χ2v) is 4.37. The molecule has 0 fully saturated rings. The number of fused-ring (bicyclic) bond motifs is 1. The van der Waals surface area contributed by atoms with Crippen LogP contribution in [0.3, 0.4) is 0 Å². The molecule has 0 aliphatic carbocycles. The minimum absolute atomic E-state index is 0.0421. The van der Waals surface area contributed by atoms with Gasteiger partial charge in [0.05, 0.1) is 12.6 Å². The molecule has 0 amide bonds. The Morgan fingerprint density at radius 2 is 2.05 bits per heavy atom. The monoisotopic (exact) mass is 288 g/mol. The smallest absolute Gasteiger partial charge is 0.342 e. The van der Waals surface area contributed by atoms with Gasteiger partial charge in [0.2, 0.25) is 0 Å². The van der Waals surface area contributed by atoms with Gasteiger partial charge in [-0.25, -0.2) is 18.1 Å². The van der Waals surface area contributed by atoms with Gasteiger partial charge < -0.3 is 4.74 Å². The molecule has 1 aromatic carbocycles. The first-order valence-electron chi connectivity index (χ1n) is 6.13. The minimum Gasteiger partial charge on any atom is -0.465 e. The largest absolute Gasteiger partial charge is 0.465 e. The maximum atomic E-state index is 14.0. The summed E-state index contributed by atoms with van der Waals surface area (Å²) in [5.41, 5.74) is 0.790. The molecule has 0 spiro atoms. The molecule has 2 heterocycles. The fraction of sp³-hybridized carbons (Fsp3) is 0.0667. The molecule has 0 bridgehead atoms. The summed E-state index contributed by atoms with van der Waals surface area (Å²) in [5, 5.41) is 4.20. The Kier molecular flexibility index (Phi) is 3.13. The summed E-state index contributed by atoms with van der Waals surface area (Å²) in [6, 6.07) is 8.24. The lowest BCUT2D eigenvalue weighted by Gasteiger charge is -2.03. The van der Waals surface area contributed by atoms with Gasteiger partial charge in [0.15, 0.2) is 0 Å². The molecule has 0 aliphatic heterocycles. The number of rotatable bonds is 2. The van der Waals surface area contributed by atoms with Crippen LogP contribution in [0.25, 0.3) is 16.8 Å². The van der Waals surface area contributed by atoms with E-state index in [4.69, 9.17) is 4.74 Å². The molecule has 0 N–H and O–H groups in total. The predicted octanol–water partition coefficient (Wildman–Crippen LogP) is 3.07. The van der Waals surface area contributed by atoms with Crippen molar-refractivity contribution in [1.29, 1.82) is 0 Å². The number of carbonyl (C=O) groups excluding carboxylic acids is 1. The third-order valence-corrected chi connectivity index (χ3v) is 3.12. The Balaban J connectivity index is 2.33. The van der Waals surface area contributed by atoms with E-state index in [1.54, 1.807) is 24.4 Å². The van der Waals surface area contributed by atoms with E-state index in [9.17, 15) is 13.6 Å². The fourth-order valence-electron chi connectivity index (χ4n) is 2.17. The average molecular weight is 288 g/mol. The fourth-order valence-corrected chi connectivity index (χ4v) is 2.17. The highest BCUT2D eigenvalue weighted by Gasteiger charge is 2.23. The van der Waals surface area contributed by atoms with Crippen LogP contribution in [0, 0.1) is 11.6 Å². The Labute approximate surface area is 118 Å². The van der Waals surface area contributed by atoms with Gasteiger partial charge >= 0.3 is 5.97 Å². The van der Waals surface area contributed by atoms with E-state index in [1.807, 2.05) is 0 Å². The highest BCUT2D eigenvalue weighted by molar-refractivity contribution is 6.03. The zero-order valence-corrected chi connectivity index (χ0v) is 11.0. The third-order valence-electron chi connectivity index (χ3n) is 3.12. The lowest BCUT2D eigenvalue weighted by atomic mass is 10.1. The molecule has 3 rings (SSSR count). The maximum Gasteiger partial charge on any atom is 0.342 e. The van der Waals surface area contributed by atoms with Crippen molar-refractivity contribution in [3.63, 3.8) is 0 Å². The number of halogens is 2. The predicted molar refractivity (Wildman–Crippen MR) is 71.9 cm³/mol. The van der Waals surface area contributed by atoms with Crippen molar-refractivity contribution >= 4 is 11.5 Å². The minimum atomic E-state index is -0.788. The Morgan fingerprint density at radius 1 is 1.24 bits per heavy atom. The Bertz CT molecular complexity index is 843. The summed E-state index contributed by atoms with van der Waals surface area (Å²) < 4.78 is 33.2. The van der Waals surface area contributed by atoms with Crippen molar-refractivity contribution in [2.45, 2.75) is 0 Å². The number of esters is 1. The van der Waals surface area contributed by atoms with E-state index in [2.05, 4.69) is 5.10 Å². The number of hydrogen-bond donors (Lipinski definition) is 0. The van der Waals surface area contributed by atoms with Crippen molar-refractivity contribution in [3.05, 3.63) is 59.8 Å². The number of aromatic nitrogens is 2. The van der Waals surface area contributed by atoms with E-state index < -0.39 is 17.6 Å². The Morgan fingerprint density at radius 3 is 2.76 bits per heavy atom. The normalized spacial score (nSPS) is 10.8. The number of pyridine rings is 1. The molecule has 3 aromatic rings. The first kappa shape index (κ1) is 13.2. The quantitative estimate of drug-likeness (QED) is 0.681. The lowest BCUT2D eigenvalue weighted by molar-refractivity contribution is 0.0604. The molecule has 106 valence electrons. The molecule has 0 radical (unpaired) electrons. The van der Waals surface area contributed by atoms with Gasteiger partial charge in [-0.2, -0.15) is 5.10 Å². The van der Waals surface area contributed by atoms with Crippen LogP contribution in [-0.2, 0) is 4.74 Å². The highest BCUT2D eigenvalue weighted by atomic mass is 19.1. The standard InChI is InChI=1S/C15H10F2N2O2/c1-21-15(20)13-12-4-2-3-7-19(12)18-14(13)10-6-5-9(16)8-11(10)17/h2-8H,1H3. The first-order chi connectivity index (χ1) is 10.1. The van der Waals surface area contributed by atoms with E-state index in [-0.39, 0.29) is 16.8 Å². The van der Waals surface area contributed by atoms with Crippen LogP contribution in [0.4, 0.5) is 8.78 Å². The van der Waals surface area contributed by atoms with E-state index >= 15 is 0 Å². The summed E-state index contributed by atoms with van der Waals surface area (Å²) in [4.78, 5) is 12.0. The van der Waals surface area contributed by atoms with E-state index in [1.165, 1.54) is 17.7 Å². The van der Waals surface area contributed by atoms with Crippen molar-refractivity contribution in [2.24, 2.45) is 0 Å². The lowest BCUT2D eigenvalue weighted by Crippen LogP contribution is -2.03. The van der Waals surface area contributed by atoms with Gasteiger partial charge in [-0.05, 0) is 24.3 Å². The van der Waals surface area contributed by atoms with Crippen LogP contribution < -0.4 is 0 Å². The van der Waals surface area contributed by atoms with Crippen molar-refractivity contribution in [2.75, 3.05) is 7.11 Å². The highest BCUT2D eigenvalue weighted by Crippen LogP contribution is 2.29. The molecule has 0 saturated heterocycles. The summed E-state index contributed by atoms with van der Waals surface area (Å²) >= 11 is 0. The van der Waals surface area contributed by atoms with Crippen LogP contribution in [-0.4, -0.2) is 22.7 Å². The van der Waals surface area contributed by atoms with Gasteiger partial charge in [0.25, 0.3) is 0 Å². The zero-order chi connectivity index (χ0) is 15.0. The van der Waals surface area contributed by atoms with E-state index in [0.29, 0.717) is 5.52 Å². The van der Waals surface area contributed by atoms with Gasteiger partial charge in [-0.3, -0.25) is 0 Å². The second-order valence-electron chi connectivity index (χ2n) is 4.37. The summed E-state index contributed by atoms with van der Waals surface area (Å²) in [6.07, 6.45) is 1.63. The summed E-state index contributed by atoms with van der Waals surface area (Å²) in [7, 11) is 1.24. The number of ether oxygens (including phenoxy) is 1. The van der Waals surface area contributed by atoms with Crippen LogP contribution in [0.5, 0.6) is 0 Å².